The summed E-state index contributed by atoms with van der Waals surface area (Å²) >= 11 is 13.1. The molecule has 33 heavy (non-hydrogen) atoms. The Hall–Kier alpha value is -2.93. The fraction of sp³-hybridized carbons (Fsp3) is 0.240. The largest absolute Gasteiger partial charge is 0.341 e. The van der Waals surface area contributed by atoms with Crippen LogP contribution in [0.15, 0.2) is 65.5 Å². The van der Waals surface area contributed by atoms with Crippen LogP contribution in [0, 0.1) is 0 Å². The summed E-state index contributed by atoms with van der Waals surface area (Å²) in [6.45, 7) is 1.90. The summed E-state index contributed by atoms with van der Waals surface area (Å²) in [5.74, 6) is 0.552. The predicted octanol–water partition coefficient (Wildman–Crippen LogP) is 4.94. The van der Waals surface area contributed by atoms with Gasteiger partial charge in [0.05, 0.1) is 16.4 Å². The number of hydrogen-bond donors (Lipinski definition) is 1. The highest BCUT2D eigenvalue weighted by Crippen LogP contribution is 2.34. The van der Waals surface area contributed by atoms with E-state index in [4.69, 9.17) is 33.2 Å². The van der Waals surface area contributed by atoms with Crippen LogP contribution in [0.3, 0.4) is 0 Å². The molecule has 1 aliphatic rings. The Morgan fingerprint density at radius 1 is 0.939 bits per heavy atom. The molecule has 0 amide bonds. The lowest BCUT2D eigenvalue weighted by molar-refractivity contribution is 0.440. The summed E-state index contributed by atoms with van der Waals surface area (Å²) in [5.41, 5.74) is 2.33. The lowest BCUT2D eigenvalue weighted by Gasteiger charge is -2.32. The number of fused-ring (bicyclic) bond motifs is 1. The van der Waals surface area contributed by atoms with Gasteiger partial charge in [0.2, 0.25) is 5.95 Å². The molecular formula is C25H23Cl2N5O. The summed E-state index contributed by atoms with van der Waals surface area (Å²) < 4.78 is 1.56. The molecular weight excluding hydrogens is 457 g/mol. The zero-order valence-corrected chi connectivity index (χ0v) is 19.6. The number of pyridine rings is 1. The van der Waals surface area contributed by atoms with Crippen LogP contribution in [0.1, 0.15) is 12.8 Å². The molecule has 3 heterocycles. The Morgan fingerprint density at radius 3 is 2.36 bits per heavy atom. The van der Waals surface area contributed by atoms with Crippen LogP contribution in [0.4, 0.5) is 5.95 Å². The minimum Gasteiger partial charge on any atom is -0.341 e. The average Bonchev–Trinajstić information content (AvgIpc) is 2.84. The zero-order valence-electron chi connectivity index (χ0n) is 18.1. The monoisotopic (exact) mass is 479 g/mol. The van der Waals surface area contributed by atoms with Crippen molar-refractivity contribution in [1.82, 2.24) is 19.9 Å². The van der Waals surface area contributed by atoms with Gasteiger partial charge in [-0.2, -0.15) is 4.98 Å². The van der Waals surface area contributed by atoms with E-state index in [0.29, 0.717) is 39.1 Å². The standard InChI is InChI=1S/C25H23Cl2N5O/c1-31(16-12-14-28-15-13-16)25-29-23(17-6-2-3-7-19(17)26)18-10-11-22(33)32(24(18)30-25)21-9-5-4-8-20(21)27/h2-11,16,28H,12-15H2,1H3. The zero-order chi connectivity index (χ0) is 22.9. The molecule has 0 saturated carbocycles. The molecule has 0 bridgehead atoms. The maximum absolute atomic E-state index is 13.1. The molecule has 2 aromatic heterocycles. The third-order valence-electron chi connectivity index (χ3n) is 6.13. The van der Waals surface area contributed by atoms with Crippen LogP contribution >= 0.6 is 23.2 Å². The van der Waals surface area contributed by atoms with E-state index in [1.54, 1.807) is 16.7 Å². The third kappa shape index (κ3) is 4.10. The number of piperidine rings is 1. The molecule has 1 saturated heterocycles. The van der Waals surface area contributed by atoms with Crippen molar-refractivity contribution in [3.63, 3.8) is 0 Å². The average molecular weight is 480 g/mol. The van der Waals surface area contributed by atoms with Crippen LogP contribution in [0.5, 0.6) is 0 Å². The molecule has 5 rings (SSSR count). The van der Waals surface area contributed by atoms with Gasteiger partial charge in [-0.3, -0.25) is 9.36 Å². The molecule has 0 atom stereocenters. The second-order valence-corrected chi connectivity index (χ2v) is 8.95. The fourth-order valence-electron chi connectivity index (χ4n) is 4.34. The lowest BCUT2D eigenvalue weighted by atomic mass is 10.1. The highest BCUT2D eigenvalue weighted by Gasteiger charge is 2.23. The van der Waals surface area contributed by atoms with E-state index in [1.165, 1.54) is 6.07 Å². The molecule has 1 aliphatic heterocycles. The number of anilines is 1. The SMILES string of the molecule is CN(c1nc(-c2ccccc2Cl)c2ccc(=O)n(-c3ccccc3Cl)c2n1)C1CCNCC1. The normalized spacial score (nSPS) is 14.5. The van der Waals surface area contributed by atoms with Crippen molar-refractivity contribution < 1.29 is 0 Å². The Bertz CT molecular complexity index is 1380. The smallest absolute Gasteiger partial charge is 0.256 e. The fourth-order valence-corrected chi connectivity index (χ4v) is 4.79. The van der Waals surface area contributed by atoms with Crippen molar-refractivity contribution in [2.75, 3.05) is 25.0 Å². The first-order chi connectivity index (χ1) is 16.0. The van der Waals surface area contributed by atoms with Gasteiger partial charge in [-0.25, -0.2) is 4.98 Å². The Balaban J connectivity index is 1.82. The first-order valence-electron chi connectivity index (χ1n) is 10.9. The molecule has 2 aromatic carbocycles. The number of benzene rings is 2. The first-order valence-corrected chi connectivity index (χ1v) is 11.7. The molecule has 0 unspecified atom stereocenters. The van der Waals surface area contributed by atoms with E-state index < -0.39 is 0 Å². The summed E-state index contributed by atoms with van der Waals surface area (Å²) in [6, 6.07) is 18.4. The summed E-state index contributed by atoms with van der Waals surface area (Å²) in [4.78, 5) is 25.0. The highest BCUT2D eigenvalue weighted by molar-refractivity contribution is 6.33. The van der Waals surface area contributed by atoms with Gasteiger partial charge in [-0.15, -0.1) is 0 Å². The van der Waals surface area contributed by atoms with Gasteiger partial charge in [0.1, 0.15) is 0 Å². The summed E-state index contributed by atoms with van der Waals surface area (Å²) in [7, 11) is 2.01. The van der Waals surface area contributed by atoms with Crippen molar-refractivity contribution in [1.29, 1.82) is 0 Å². The van der Waals surface area contributed by atoms with Gasteiger partial charge >= 0.3 is 0 Å². The first kappa shape index (κ1) is 21.9. The molecule has 1 fully saturated rings. The molecule has 8 heteroatoms. The number of hydrogen-bond acceptors (Lipinski definition) is 5. The van der Waals surface area contributed by atoms with E-state index in [-0.39, 0.29) is 5.56 Å². The molecule has 168 valence electrons. The quantitative estimate of drug-likeness (QED) is 0.448. The molecule has 0 aliphatic carbocycles. The van der Waals surface area contributed by atoms with Crippen molar-refractivity contribution in [3.8, 4) is 16.9 Å². The molecule has 0 radical (unpaired) electrons. The number of para-hydroxylation sites is 1. The highest BCUT2D eigenvalue weighted by atomic mass is 35.5. The van der Waals surface area contributed by atoms with E-state index >= 15 is 0 Å². The van der Waals surface area contributed by atoms with E-state index in [1.807, 2.05) is 49.5 Å². The predicted molar refractivity (Wildman–Crippen MR) is 135 cm³/mol. The van der Waals surface area contributed by atoms with Crippen LogP contribution < -0.4 is 15.8 Å². The lowest BCUT2D eigenvalue weighted by Crippen LogP contribution is -2.42. The van der Waals surface area contributed by atoms with Crippen LogP contribution in [-0.4, -0.2) is 40.7 Å². The molecule has 0 spiro atoms. The van der Waals surface area contributed by atoms with Crippen molar-refractivity contribution >= 4 is 40.2 Å². The minimum atomic E-state index is -0.213. The Labute approximate surface area is 201 Å². The topological polar surface area (TPSA) is 63.1 Å². The molecule has 4 aromatic rings. The summed E-state index contributed by atoms with van der Waals surface area (Å²) in [5, 5.41) is 5.18. The van der Waals surface area contributed by atoms with Crippen molar-refractivity contribution in [2.45, 2.75) is 18.9 Å². The second kappa shape index (κ2) is 9.14. The second-order valence-electron chi connectivity index (χ2n) is 8.14. The number of halogens is 2. The van der Waals surface area contributed by atoms with E-state index in [2.05, 4.69) is 10.2 Å². The van der Waals surface area contributed by atoms with Gasteiger partial charge < -0.3 is 10.2 Å². The van der Waals surface area contributed by atoms with Crippen LogP contribution in [0.25, 0.3) is 28.0 Å². The number of aromatic nitrogens is 3. The number of rotatable bonds is 4. The minimum absolute atomic E-state index is 0.213. The van der Waals surface area contributed by atoms with Crippen molar-refractivity contribution in [3.05, 3.63) is 81.1 Å². The number of nitrogens with one attached hydrogen (secondary N) is 1. The van der Waals surface area contributed by atoms with Gasteiger partial charge in [-0.05, 0) is 50.2 Å². The van der Waals surface area contributed by atoms with Crippen molar-refractivity contribution in [2.24, 2.45) is 0 Å². The van der Waals surface area contributed by atoms with E-state index in [0.717, 1.165) is 36.9 Å². The van der Waals surface area contributed by atoms with Crippen LogP contribution in [-0.2, 0) is 0 Å². The number of nitrogens with zero attached hydrogens (tertiary/aromatic N) is 4. The molecule has 1 N–H and O–H groups in total. The van der Waals surface area contributed by atoms with Gasteiger partial charge in [0.15, 0.2) is 5.65 Å². The van der Waals surface area contributed by atoms with Gasteiger partial charge in [0.25, 0.3) is 5.56 Å². The Morgan fingerprint density at radius 2 is 1.64 bits per heavy atom. The Kier molecular flexibility index (Phi) is 6.06. The van der Waals surface area contributed by atoms with E-state index in [9.17, 15) is 4.79 Å². The maximum atomic E-state index is 13.1. The van der Waals surface area contributed by atoms with Crippen LogP contribution in [0.2, 0.25) is 10.0 Å². The van der Waals surface area contributed by atoms with Gasteiger partial charge in [-0.1, -0.05) is 53.5 Å². The maximum Gasteiger partial charge on any atom is 0.256 e. The van der Waals surface area contributed by atoms with Gasteiger partial charge in [0, 0.05) is 35.1 Å². The third-order valence-corrected chi connectivity index (χ3v) is 6.78. The molecule has 6 nitrogen and oxygen atoms in total. The summed E-state index contributed by atoms with van der Waals surface area (Å²) in [6.07, 6.45) is 1.98.